The van der Waals surface area contributed by atoms with E-state index < -0.39 is 17.8 Å². The van der Waals surface area contributed by atoms with Crippen molar-refractivity contribution in [1.29, 1.82) is 0 Å². The van der Waals surface area contributed by atoms with Crippen molar-refractivity contribution < 1.29 is 28.6 Å². The number of hydrogen-bond acceptors (Lipinski definition) is 6. The Labute approximate surface area is 261 Å². The molecule has 0 bridgehead atoms. The minimum atomic E-state index is -0.632. The van der Waals surface area contributed by atoms with Gasteiger partial charge in [-0.25, -0.2) is 14.4 Å². The number of rotatable bonds is 11. The molecule has 3 rings (SSSR count). The summed E-state index contributed by atoms with van der Waals surface area (Å²) in [5, 5.41) is 0. The number of anilines is 2. The van der Waals surface area contributed by atoms with Crippen molar-refractivity contribution in [2.75, 3.05) is 43.7 Å². The van der Waals surface area contributed by atoms with E-state index in [9.17, 15) is 14.4 Å². The van der Waals surface area contributed by atoms with E-state index >= 15 is 0 Å². The molecule has 3 aromatic rings. The van der Waals surface area contributed by atoms with Crippen LogP contribution in [0.1, 0.15) is 63.6 Å². The largest absolute Gasteiger partial charge is 0.452 e. The fourth-order valence-electron chi connectivity index (χ4n) is 5.00. The molecule has 0 spiro atoms. The average Bonchev–Trinajstić information content (AvgIpc) is 3.02. The molecule has 0 unspecified atom stereocenters. The van der Waals surface area contributed by atoms with Crippen molar-refractivity contribution >= 4 is 29.7 Å². The molecule has 9 nitrogen and oxygen atoms in total. The number of benzene rings is 3. The third kappa shape index (κ3) is 9.23. The molecule has 0 N–H and O–H groups in total. The molecule has 44 heavy (non-hydrogen) atoms. The van der Waals surface area contributed by atoms with Crippen molar-refractivity contribution in [3.05, 3.63) is 95.6 Å². The molecule has 0 aliphatic carbocycles. The molecular weight excluding hydrogens is 558 g/mol. The molecule has 3 amide bonds. The second-order valence-electron chi connectivity index (χ2n) is 11.3. The number of hydrogen-bond donors (Lipinski definition) is 0. The summed E-state index contributed by atoms with van der Waals surface area (Å²) >= 11 is 0. The summed E-state index contributed by atoms with van der Waals surface area (Å²) in [6.45, 7) is 11.1. The number of methoxy groups -OCH3 is 2. The fraction of sp³-hybridized carbons (Fsp3) is 0.400. The van der Waals surface area contributed by atoms with Gasteiger partial charge in [0.15, 0.2) is 0 Å². The Kier molecular flexibility index (Phi) is 12.2. The van der Waals surface area contributed by atoms with E-state index in [0.29, 0.717) is 32.6 Å². The van der Waals surface area contributed by atoms with Gasteiger partial charge in [-0.3, -0.25) is 9.80 Å². The second kappa shape index (κ2) is 15.8. The van der Waals surface area contributed by atoms with E-state index in [1.54, 1.807) is 14.7 Å². The molecule has 236 valence electrons. The van der Waals surface area contributed by atoms with Crippen molar-refractivity contribution in [1.82, 2.24) is 4.90 Å². The van der Waals surface area contributed by atoms with Gasteiger partial charge in [0.05, 0.1) is 14.2 Å². The molecule has 0 aromatic heterocycles. The normalized spacial score (nSPS) is 11.1. The van der Waals surface area contributed by atoms with Gasteiger partial charge in [0, 0.05) is 43.5 Å². The monoisotopic (exact) mass is 603 g/mol. The summed E-state index contributed by atoms with van der Waals surface area (Å²) in [4.78, 5) is 42.7. The standard InChI is InChI=1S/C35H45N3O6/c1-8-37(33(40)42-6)29-19-15-27(16-20-29)31(28-17-21-30(22-18-28)38(9-2)34(41)43-7)23-24-36(32(39)44-35(3,4)5)25-26-13-11-10-12-14-26/h10-22,31H,8-9,23-25H2,1-7H3. The Balaban J connectivity index is 1.97. The highest BCUT2D eigenvalue weighted by Crippen LogP contribution is 2.32. The van der Waals surface area contributed by atoms with Crippen LogP contribution in [0.4, 0.5) is 25.8 Å². The molecule has 9 heteroatoms. The summed E-state index contributed by atoms with van der Waals surface area (Å²) in [5.41, 5.74) is 3.88. The van der Waals surface area contributed by atoms with Gasteiger partial charge >= 0.3 is 18.3 Å². The Hall–Kier alpha value is -4.53. The molecule has 3 aromatic carbocycles. The predicted molar refractivity (Wildman–Crippen MR) is 173 cm³/mol. The third-order valence-corrected chi connectivity index (χ3v) is 7.19. The SMILES string of the molecule is CCN(C(=O)OC)c1ccc(C(CCN(Cc2ccccc2)C(=O)OC(C)(C)C)c2ccc(N(CC)C(=O)OC)cc2)cc1. The zero-order valence-electron chi connectivity index (χ0n) is 26.9. The summed E-state index contributed by atoms with van der Waals surface area (Å²) in [7, 11) is 2.73. The summed E-state index contributed by atoms with van der Waals surface area (Å²) in [6.07, 6.45) is -0.618. The lowest BCUT2D eigenvalue weighted by Gasteiger charge is -2.29. The van der Waals surface area contributed by atoms with Crippen LogP contribution in [0.2, 0.25) is 0 Å². The molecule has 0 fully saturated rings. The van der Waals surface area contributed by atoms with E-state index in [4.69, 9.17) is 14.2 Å². The Morgan fingerprint density at radius 1 is 0.682 bits per heavy atom. The van der Waals surface area contributed by atoms with E-state index in [0.717, 1.165) is 28.1 Å². The zero-order chi connectivity index (χ0) is 32.3. The van der Waals surface area contributed by atoms with E-state index in [1.165, 1.54) is 14.2 Å². The highest BCUT2D eigenvalue weighted by molar-refractivity contribution is 5.88. The molecule has 0 aliphatic heterocycles. The van der Waals surface area contributed by atoms with Crippen LogP contribution in [0.15, 0.2) is 78.9 Å². The highest BCUT2D eigenvalue weighted by Gasteiger charge is 2.25. The zero-order valence-corrected chi connectivity index (χ0v) is 26.9. The van der Waals surface area contributed by atoms with E-state index in [2.05, 4.69) is 0 Å². The van der Waals surface area contributed by atoms with Gasteiger partial charge in [-0.1, -0.05) is 54.6 Å². The first kappa shape index (κ1) is 34.0. The number of amides is 3. The molecule has 0 saturated carbocycles. The van der Waals surface area contributed by atoms with E-state index in [-0.39, 0.29) is 12.0 Å². The summed E-state index contributed by atoms with van der Waals surface area (Å²) < 4.78 is 15.7. The Bertz CT molecular complexity index is 1290. The maximum absolute atomic E-state index is 13.3. The van der Waals surface area contributed by atoms with Gasteiger partial charge < -0.3 is 19.1 Å². The smallest absolute Gasteiger partial charge is 0.413 e. The van der Waals surface area contributed by atoms with Crippen LogP contribution in [-0.2, 0) is 20.8 Å². The average molecular weight is 604 g/mol. The number of nitrogens with zero attached hydrogens (tertiary/aromatic N) is 3. The van der Waals surface area contributed by atoms with Crippen molar-refractivity contribution in [2.45, 2.75) is 59.1 Å². The number of carbonyl (C=O) groups excluding carboxylic acids is 3. The van der Waals surface area contributed by atoms with Gasteiger partial charge in [0.25, 0.3) is 0 Å². The number of carbonyl (C=O) groups is 3. The van der Waals surface area contributed by atoms with Gasteiger partial charge in [-0.2, -0.15) is 0 Å². The predicted octanol–water partition coefficient (Wildman–Crippen LogP) is 7.83. The van der Waals surface area contributed by atoms with Crippen LogP contribution in [0.25, 0.3) is 0 Å². The third-order valence-electron chi connectivity index (χ3n) is 7.19. The molecule has 0 saturated heterocycles. The first-order valence-corrected chi connectivity index (χ1v) is 14.9. The maximum Gasteiger partial charge on any atom is 0.413 e. The van der Waals surface area contributed by atoms with Gasteiger partial charge in [0.1, 0.15) is 5.60 Å². The van der Waals surface area contributed by atoms with Crippen molar-refractivity contribution in [2.24, 2.45) is 0 Å². The van der Waals surface area contributed by atoms with Crippen LogP contribution in [-0.4, -0.2) is 62.6 Å². The minimum Gasteiger partial charge on any atom is -0.452 e. The summed E-state index contributed by atoms with van der Waals surface area (Å²) in [5.74, 6) is -0.0970. The summed E-state index contributed by atoms with van der Waals surface area (Å²) in [6, 6.07) is 25.5. The number of ether oxygens (including phenoxy) is 3. The lowest BCUT2D eigenvalue weighted by molar-refractivity contribution is 0.0229. The topological polar surface area (TPSA) is 88.6 Å². The first-order chi connectivity index (χ1) is 21.0. The van der Waals surface area contributed by atoms with E-state index in [1.807, 2.05) is 113 Å². The molecule has 0 radical (unpaired) electrons. The quantitative estimate of drug-likeness (QED) is 0.208. The molecule has 0 aliphatic rings. The van der Waals surface area contributed by atoms with Crippen molar-refractivity contribution in [3.8, 4) is 0 Å². The van der Waals surface area contributed by atoms with Crippen LogP contribution in [0, 0.1) is 0 Å². The first-order valence-electron chi connectivity index (χ1n) is 14.9. The second-order valence-corrected chi connectivity index (χ2v) is 11.3. The van der Waals surface area contributed by atoms with Crippen LogP contribution < -0.4 is 9.80 Å². The highest BCUT2D eigenvalue weighted by atomic mass is 16.6. The van der Waals surface area contributed by atoms with Gasteiger partial charge in [-0.05, 0) is 82.0 Å². The van der Waals surface area contributed by atoms with Crippen LogP contribution >= 0.6 is 0 Å². The Morgan fingerprint density at radius 2 is 1.14 bits per heavy atom. The van der Waals surface area contributed by atoms with Crippen LogP contribution in [0.3, 0.4) is 0 Å². The molecular formula is C35H45N3O6. The van der Waals surface area contributed by atoms with Gasteiger partial charge in [-0.15, -0.1) is 0 Å². The maximum atomic E-state index is 13.3. The van der Waals surface area contributed by atoms with Gasteiger partial charge in [0.2, 0.25) is 0 Å². The Morgan fingerprint density at radius 3 is 1.52 bits per heavy atom. The minimum absolute atomic E-state index is 0.0970. The van der Waals surface area contributed by atoms with Crippen molar-refractivity contribution in [3.63, 3.8) is 0 Å². The lowest BCUT2D eigenvalue weighted by Crippen LogP contribution is -2.37. The molecule has 0 heterocycles. The van der Waals surface area contributed by atoms with Crippen LogP contribution in [0.5, 0.6) is 0 Å². The molecule has 0 atom stereocenters. The lowest BCUT2D eigenvalue weighted by atomic mass is 9.88. The fourth-order valence-corrected chi connectivity index (χ4v) is 5.00.